The van der Waals surface area contributed by atoms with Crippen molar-refractivity contribution in [1.82, 2.24) is 10.3 Å². The van der Waals surface area contributed by atoms with Crippen molar-refractivity contribution in [1.29, 1.82) is 0 Å². The van der Waals surface area contributed by atoms with Gasteiger partial charge in [-0.15, -0.1) is 12.4 Å². The third-order valence-corrected chi connectivity index (χ3v) is 5.37. The van der Waals surface area contributed by atoms with Crippen molar-refractivity contribution in [2.45, 2.75) is 31.7 Å². The predicted molar refractivity (Wildman–Crippen MR) is 88.9 cm³/mol. The maximum absolute atomic E-state index is 11.8. The molecule has 1 unspecified atom stereocenters. The zero-order valence-electron chi connectivity index (χ0n) is 12.0. The summed E-state index contributed by atoms with van der Waals surface area (Å²) in [5.74, 6) is -0.684. The molecule has 0 bridgehead atoms. The number of aromatic amines is 1. The average Bonchev–Trinajstić information content (AvgIpc) is 2.76. The average molecular weight is 341 g/mol. The van der Waals surface area contributed by atoms with E-state index in [0.717, 1.165) is 53.8 Å². The Morgan fingerprint density at radius 3 is 2.77 bits per heavy atom. The lowest BCUT2D eigenvalue weighted by atomic mass is 9.62. The number of H-pyrrole nitrogens is 1. The fourth-order valence-electron chi connectivity index (χ4n) is 3.86. The van der Waals surface area contributed by atoms with Gasteiger partial charge in [0.15, 0.2) is 0 Å². The Hall–Kier alpha value is -1.23. The van der Waals surface area contributed by atoms with Gasteiger partial charge in [0, 0.05) is 21.6 Å². The van der Waals surface area contributed by atoms with E-state index in [-0.39, 0.29) is 18.4 Å². The first-order valence-electron chi connectivity index (χ1n) is 7.38. The topological polar surface area (TPSA) is 65.1 Å². The molecule has 1 aromatic carbocycles. The van der Waals surface area contributed by atoms with Gasteiger partial charge in [-0.1, -0.05) is 18.0 Å². The van der Waals surface area contributed by atoms with Crippen LogP contribution in [0.2, 0.25) is 5.02 Å². The Morgan fingerprint density at radius 2 is 2.14 bits per heavy atom. The first kappa shape index (κ1) is 15.7. The monoisotopic (exact) mass is 340 g/mol. The lowest BCUT2D eigenvalue weighted by Crippen LogP contribution is -2.50. The number of halogens is 2. The van der Waals surface area contributed by atoms with E-state index >= 15 is 0 Å². The number of carboxylic acid groups (broad SMARTS) is 1. The van der Waals surface area contributed by atoms with Crippen molar-refractivity contribution in [2.75, 3.05) is 6.54 Å². The number of aromatic nitrogens is 1. The molecule has 4 rings (SSSR count). The van der Waals surface area contributed by atoms with Crippen LogP contribution in [0.25, 0.3) is 10.9 Å². The molecule has 1 saturated carbocycles. The molecule has 1 atom stereocenters. The lowest BCUT2D eigenvalue weighted by Gasteiger charge is -2.45. The van der Waals surface area contributed by atoms with E-state index in [1.165, 1.54) is 5.56 Å². The summed E-state index contributed by atoms with van der Waals surface area (Å²) in [6, 6.07) is 5.69. The van der Waals surface area contributed by atoms with E-state index in [9.17, 15) is 9.90 Å². The van der Waals surface area contributed by atoms with Crippen LogP contribution in [-0.2, 0) is 11.2 Å². The fraction of sp³-hybridized carbons (Fsp3) is 0.438. The highest BCUT2D eigenvalue weighted by molar-refractivity contribution is 6.31. The summed E-state index contributed by atoms with van der Waals surface area (Å²) in [7, 11) is 0. The van der Waals surface area contributed by atoms with Crippen LogP contribution in [0, 0.1) is 5.41 Å². The summed E-state index contributed by atoms with van der Waals surface area (Å²) in [4.78, 5) is 15.2. The van der Waals surface area contributed by atoms with Gasteiger partial charge in [-0.05, 0) is 49.6 Å². The van der Waals surface area contributed by atoms with E-state index in [0.29, 0.717) is 0 Å². The van der Waals surface area contributed by atoms with E-state index in [1.807, 2.05) is 18.2 Å². The quantitative estimate of drug-likeness (QED) is 0.781. The summed E-state index contributed by atoms with van der Waals surface area (Å²) >= 11 is 6.11. The normalized spacial score (nSPS) is 22.5. The number of fused-ring (bicyclic) bond motifs is 3. The van der Waals surface area contributed by atoms with Crippen LogP contribution in [0.15, 0.2) is 18.2 Å². The molecule has 1 fully saturated rings. The van der Waals surface area contributed by atoms with Crippen molar-refractivity contribution in [3.05, 3.63) is 34.5 Å². The van der Waals surface area contributed by atoms with Crippen LogP contribution in [0.4, 0.5) is 0 Å². The number of nitrogens with one attached hydrogen (secondary N) is 2. The van der Waals surface area contributed by atoms with Gasteiger partial charge in [-0.25, -0.2) is 0 Å². The van der Waals surface area contributed by atoms with Crippen molar-refractivity contribution in [2.24, 2.45) is 5.41 Å². The number of hydrogen-bond donors (Lipinski definition) is 3. The van der Waals surface area contributed by atoms with Gasteiger partial charge in [-0.2, -0.15) is 0 Å². The molecule has 4 nitrogen and oxygen atoms in total. The highest BCUT2D eigenvalue weighted by atomic mass is 35.5. The maximum atomic E-state index is 11.8. The van der Waals surface area contributed by atoms with Crippen molar-refractivity contribution in [3.8, 4) is 0 Å². The molecule has 0 saturated heterocycles. The summed E-state index contributed by atoms with van der Waals surface area (Å²) < 4.78 is 0. The maximum Gasteiger partial charge on any atom is 0.311 e. The second-order valence-electron chi connectivity index (χ2n) is 6.16. The number of carbonyl (C=O) groups is 1. The minimum atomic E-state index is -0.684. The Bertz CT molecular complexity index is 737. The minimum absolute atomic E-state index is 0. The molecule has 118 valence electrons. The number of hydrogen-bond acceptors (Lipinski definition) is 2. The molecule has 3 N–H and O–H groups in total. The van der Waals surface area contributed by atoms with Crippen LogP contribution in [0.3, 0.4) is 0 Å². The first-order valence-corrected chi connectivity index (χ1v) is 7.76. The highest BCUT2D eigenvalue weighted by Gasteiger charge is 2.52. The van der Waals surface area contributed by atoms with Gasteiger partial charge in [0.25, 0.3) is 0 Å². The molecule has 0 radical (unpaired) electrons. The first-order chi connectivity index (χ1) is 10.1. The molecule has 22 heavy (non-hydrogen) atoms. The molecular formula is C16H18Cl2N2O2. The molecule has 0 amide bonds. The predicted octanol–water partition coefficient (Wildman–Crippen LogP) is 3.68. The van der Waals surface area contributed by atoms with Crippen molar-refractivity contribution >= 4 is 40.9 Å². The van der Waals surface area contributed by atoms with E-state index < -0.39 is 11.4 Å². The Balaban J connectivity index is 0.00000144. The van der Waals surface area contributed by atoms with Crippen LogP contribution in [0.5, 0.6) is 0 Å². The summed E-state index contributed by atoms with van der Waals surface area (Å²) in [6.07, 6.45) is 3.39. The van der Waals surface area contributed by atoms with Crippen molar-refractivity contribution in [3.63, 3.8) is 0 Å². The Labute approximate surface area is 139 Å². The number of benzene rings is 1. The van der Waals surface area contributed by atoms with Gasteiger partial charge >= 0.3 is 5.97 Å². The molecule has 0 spiro atoms. The summed E-state index contributed by atoms with van der Waals surface area (Å²) in [5, 5.41) is 15.0. The van der Waals surface area contributed by atoms with Gasteiger partial charge in [0.05, 0.1) is 11.5 Å². The number of aliphatic carboxylic acids is 1. The van der Waals surface area contributed by atoms with Gasteiger partial charge in [-0.3, -0.25) is 4.79 Å². The molecule has 2 aliphatic rings. The van der Waals surface area contributed by atoms with Crippen LogP contribution < -0.4 is 5.32 Å². The second kappa shape index (κ2) is 5.44. The smallest absolute Gasteiger partial charge is 0.311 e. The Morgan fingerprint density at radius 1 is 1.36 bits per heavy atom. The van der Waals surface area contributed by atoms with E-state index in [4.69, 9.17) is 11.6 Å². The SMILES string of the molecule is Cl.O=C(O)C1(C2NCCc3c2[nH]c2ccc(Cl)cc32)CCC1. The molecular weight excluding hydrogens is 323 g/mol. The number of carboxylic acids is 1. The van der Waals surface area contributed by atoms with E-state index in [2.05, 4.69) is 10.3 Å². The van der Waals surface area contributed by atoms with Crippen LogP contribution >= 0.6 is 24.0 Å². The molecule has 1 aliphatic heterocycles. The summed E-state index contributed by atoms with van der Waals surface area (Å²) in [6.45, 7) is 0.812. The molecule has 6 heteroatoms. The number of rotatable bonds is 2. The zero-order valence-corrected chi connectivity index (χ0v) is 13.6. The fourth-order valence-corrected chi connectivity index (χ4v) is 4.03. The largest absolute Gasteiger partial charge is 0.481 e. The summed E-state index contributed by atoms with van der Waals surface area (Å²) in [5.41, 5.74) is 2.65. The lowest BCUT2D eigenvalue weighted by molar-refractivity contribution is -0.158. The third-order valence-electron chi connectivity index (χ3n) is 5.14. The second-order valence-corrected chi connectivity index (χ2v) is 6.60. The Kier molecular flexibility index (Phi) is 3.87. The van der Waals surface area contributed by atoms with Crippen LogP contribution in [0.1, 0.15) is 36.6 Å². The molecule has 1 aliphatic carbocycles. The standard InChI is InChI=1S/C16H17ClN2O2.ClH/c17-9-2-3-12-11(8-9)10-4-7-18-14(13(10)19-12)16(15(20)21)5-1-6-16;/h2-3,8,14,18-19H,1,4-7H2,(H,20,21);1H. The highest BCUT2D eigenvalue weighted by Crippen LogP contribution is 2.52. The van der Waals surface area contributed by atoms with Crippen molar-refractivity contribution < 1.29 is 9.90 Å². The van der Waals surface area contributed by atoms with Crippen LogP contribution in [-0.4, -0.2) is 22.6 Å². The molecule has 1 aromatic heterocycles. The van der Waals surface area contributed by atoms with Gasteiger partial charge in [0.2, 0.25) is 0 Å². The van der Waals surface area contributed by atoms with Gasteiger partial charge in [0.1, 0.15) is 0 Å². The molecule has 2 aromatic rings. The minimum Gasteiger partial charge on any atom is -0.481 e. The molecule has 2 heterocycles. The third kappa shape index (κ3) is 2.05. The van der Waals surface area contributed by atoms with Gasteiger partial charge < -0.3 is 15.4 Å². The zero-order chi connectivity index (χ0) is 14.6. The van der Waals surface area contributed by atoms with E-state index in [1.54, 1.807) is 0 Å².